The zero-order valence-corrected chi connectivity index (χ0v) is 11.3. The average molecular weight is 260 g/mol. The number of sulfonamides is 1. The fraction of sp³-hybridized carbons (Fsp3) is 0.636. The molecule has 0 aromatic carbocycles. The van der Waals surface area contributed by atoms with E-state index in [1.165, 1.54) is 16.6 Å². The van der Waals surface area contributed by atoms with Crippen LogP contribution in [0.15, 0.2) is 17.2 Å². The van der Waals surface area contributed by atoms with Gasteiger partial charge in [-0.15, -0.1) is 0 Å². The van der Waals surface area contributed by atoms with E-state index < -0.39 is 10.0 Å². The number of aromatic amines is 1. The Kier molecular flexibility index (Phi) is 4.73. The van der Waals surface area contributed by atoms with Crippen molar-refractivity contribution in [1.82, 2.24) is 9.29 Å². The van der Waals surface area contributed by atoms with Crippen LogP contribution in [0.3, 0.4) is 0 Å². The molecule has 6 heteroatoms. The largest absolute Gasteiger partial charge is 0.390 e. The second-order valence-corrected chi connectivity index (χ2v) is 6.57. The molecule has 0 amide bonds. The second-order valence-electron chi connectivity index (χ2n) is 4.53. The van der Waals surface area contributed by atoms with Crippen LogP contribution in [0.4, 0.5) is 0 Å². The number of H-pyrrole nitrogens is 1. The predicted octanol–water partition coefficient (Wildman–Crippen LogP) is 1.17. The quantitative estimate of drug-likeness (QED) is 0.806. The molecule has 0 atom stereocenters. The predicted molar refractivity (Wildman–Crippen MR) is 66.0 cm³/mol. The van der Waals surface area contributed by atoms with E-state index in [-0.39, 0.29) is 11.5 Å². The van der Waals surface area contributed by atoms with E-state index in [1.807, 2.05) is 0 Å². The highest BCUT2D eigenvalue weighted by molar-refractivity contribution is 7.89. The molecule has 0 bridgehead atoms. The molecule has 0 unspecified atom stereocenters. The molecule has 1 rings (SSSR count). The first-order valence-electron chi connectivity index (χ1n) is 5.62. The molecule has 98 valence electrons. The van der Waals surface area contributed by atoms with E-state index in [1.54, 1.807) is 7.05 Å². The van der Waals surface area contributed by atoms with Crippen molar-refractivity contribution in [3.63, 3.8) is 0 Å². The molecule has 5 nitrogen and oxygen atoms in total. The standard InChI is InChI=1S/C11H20N2O3S/c1-9(2)4-5-13(3)17(15,16)11-6-10(8-14)12-7-11/h6-7,9,12,14H,4-5,8H2,1-3H3. The normalized spacial score (nSPS) is 12.6. The van der Waals surface area contributed by atoms with Gasteiger partial charge in [0.05, 0.1) is 11.5 Å². The summed E-state index contributed by atoms with van der Waals surface area (Å²) >= 11 is 0. The van der Waals surface area contributed by atoms with Crippen molar-refractivity contribution in [2.24, 2.45) is 5.92 Å². The van der Waals surface area contributed by atoms with Crippen molar-refractivity contribution in [2.45, 2.75) is 31.8 Å². The van der Waals surface area contributed by atoms with Gasteiger partial charge in [0.2, 0.25) is 10.0 Å². The van der Waals surface area contributed by atoms with Crippen molar-refractivity contribution in [3.05, 3.63) is 18.0 Å². The Morgan fingerprint density at radius 2 is 2.12 bits per heavy atom. The van der Waals surface area contributed by atoms with E-state index in [2.05, 4.69) is 18.8 Å². The van der Waals surface area contributed by atoms with Crippen molar-refractivity contribution >= 4 is 10.0 Å². The summed E-state index contributed by atoms with van der Waals surface area (Å²) in [5.74, 6) is 0.465. The zero-order valence-electron chi connectivity index (χ0n) is 10.5. The van der Waals surface area contributed by atoms with Crippen molar-refractivity contribution < 1.29 is 13.5 Å². The summed E-state index contributed by atoms with van der Waals surface area (Å²) in [5.41, 5.74) is 0.501. The summed E-state index contributed by atoms with van der Waals surface area (Å²) in [7, 11) is -1.86. The van der Waals surface area contributed by atoms with Crippen LogP contribution in [0, 0.1) is 5.92 Å². The number of rotatable bonds is 6. The molecule has 0 fully saturated rings. The van der Waals surface area contributed by atoms with Gasteiger partial charge < -0.3 is 10.1 Å². The number of aliphatic hydroxyl groups excluding tert-OH is 1. The maximum atomic E-state index is 12.1. The summed E-state index contributed by atoms with van der Waals surface area (Å²) < 4.78 is 25.5. The van der Waals surface area contributed by atoms with Gasteiger partial charge in [-0.1, -0.05) is 13.8 Å². The first-order valence-corrected chi connectivity index (χ1v) is 7.06. The topological polar surface area (TPSA) is 73.4 Å². The van der Waals surface area contributed by atoms with Crippen molar-refractivity contribution in [2.75, 3.05) is 13.6 Å². The van der Waals surface area contributed by atoms with E-state index in [0.29, 0.717) is 18.2 Å². The monoisotopic (exact) mass is 260 g/mol. The Balaban J connectivity index is 2.79. The van der Waals surface area contributed by atoms with E-state index in [4.69, 9.17) is 5.11 Å². The Labute approximate surface area is 103 Å². The Bertz CT molecular complexity index is 451. The lowest BCUT2D eigenvalue weighted by Crippen LogP contribution is -2.28. The average Bonchev–Trinajstić information content (AvgIpc) is 2.74. The van der Waals surface area contributed by atoms with Crippen LogP contribution in [0.1, 0.15) is 26.0 Å². The molecular weight excluding hydrogens is 240 g/mol. The third kappa shape index (κ3) is 3.55. The van der Waals surface area contributed by atoms with E-state index in [0.717, 1.165) is 6.42 Å². The molecule has 0 aliphatic rings. The summed E-state index contributed by atoms with van der Waals surface area (Å²) in [4.78, 5) is 2.93. The zero-order chi connectivity index (χ0) is 13.1. The van der Waals surface area contributed by atoms with Gasteiger partial charge in [0, 0.05) is 25.5 Å². The molecule has 0 aliphatic heterocycles. The van der Waals surface area contributed by atoms with Gasteiger partial charge in [-0.25, -0.2) is 12.7 Å². The first-order chi connectivity index (χ1) is 7.87. The molecule has 1 aromatic rings. The lowest BCUT2D eigenvalue weighted by atomic mass is 10.1. The van der Waals surface area contributed by atoms with Crippen LogP contribution < -0.4 is 0 Å². The van der Waals surface area contributed by atoms with Crippen molar-refractivity contribution in [3.8, 4) is 0 Å². The molecule has 0 radical (unpaired) electrons. The van der Waals surface area contributed by atoms with Gasteiger partial charge in [-0.3, -0.25) is 0 Å². The van der Waals surface area contributed by atoms with Crippen LogP contribution >= 0.6 is 0 Å². The highest BCUT2D eigenvalue weighted by Crippen LogP contribution is 2.16. The Morgan fingerprint density at radius 1 is 1.47 bits per heavy atom. The minimum absolute atomic E-state index is 0.189. The van der Waals surface area contributed by atoms with Crippen LogP contribution in [-0.2, 0) is 16.6 Å². The number of nitrogens with one attached hydrogen (secondary N) is 1. The van der Waals surface area contributed by atoms with Crippen LogP contribution in [0.2, 0.25) is 0 Å². The molecule has 2 N–H and O–H groups in total. The molecular formula is C11H20N2O3S. The fourth-order valence-corrected chi connectivity index (χ4v) is 2.60. The maximum Gasteiger partial charge on any atom is 0.244 e. The van der Waals surface area contributed by atoms with Crippen LogP contribution in [-0.4, -0.2) is 36.4 Å². The number of hydrogen-bond acceptors (Lipinski definition) is 3. The molecule has 0 aliphatic carbocycles. The van der Waals surface area contributed by atoms with Gasteiger partial charge in [0.15, 0.2) is 0 Å². The molecule has 0 saturated heterocycles. The third-order valence-corrected chi connectivity index (χ3v) is 4.45. The van der Waals surface area contributed by atoms with Gasteiger partial charge >= 0.3 is 0 Å². The second kappa shape index (κ2) is 5.66. The Morgan fingerprint density at radius 3 is 2.59 bits per heavy atom. The summed E-state index contributed by atoms with van der Waals surface area (Å²) in [6.45, 7) is 4.42. The Hall–Kier alpha value is -0.850. The van der Waals surface area contributed by atoms with E-state index in [9.17, 15) is 8.42 Å². The van der Waals surface area contributed by atoms with Gasteiger partial charge in [0.1, 0.15) is 0 Å². The minimum Gasteiger partial charge on any atom is -0.390 e. The SMILES string of the molecule is CC(C)CCN(C)S(=O)(=O)c1c[nH]c(CO)c1. The van der Waals surface area contributed by atoms with E-state index >= 15 is 0 Å². The number of aromatic nitrogens is 1. The summed E-state index contributed by atoms with van der Waals surface area (Å²) in [5, 5.41) is 8.89. The third-order valence-electron chi connectivity index (χ3n) is 2.62. The molecule has 0 spiro atoms. The lowest BCUT2D eigenvalue weighted by Gasteiger charge is -2.17. The highest BCUT2D eigenvalue weighted by atomic mass is 32.2. The number of nitrogens with zero attached hydrogens (tertiary/aromatic N) is 1. The molecule has 0 saturated carbocycles. The van der Waals surface area contributed by atoms with Gasteiger partial charge in [-0.2, -0.15) is 0 Å². The molecule has 1 heterocycles. The minimum atomic E-state index is -3.43. The smallest absolute Gasteiger partial charge is 0.244 e. The van der Waals surface area contributed by atoms with Crippen LogP contribution in [0.5, 0.6) is 0 Å². The number of aliphatic hydroxyl groups is 1. The van der Waals surface area contributed by atoms with Gasteiger partial charge in [0.25, 0.3) is 0 Å². The van der Waals surface area contributed by atoms with Crippen molar-refractivity contribution in [1.29, 1.82) is 0 Å². The maximum absolute atomic E-state index is 12.1. The molecule has 17 heavy (non-hydrogen) atoms. The molecule has 1 aromatic heterocycles. The van der Waals surface area contributed by atoms with Crippen LogP contribution in [0.25, 0.3) is 0 Å². The lowest BCUT2D eigenvalue weighted by molar-refractivity contribution is 0.277. The fourth-order valence-electron chi connectivity index (χ4n) is 1.40. The number of hydrogen-bond donors (Lipinski definition) is 2. The highest BCUT2D eigenvalue weighted by Gasteiger charge is 2.21. The summed E-state index contributed by atoms with van der Waals surface area (Å²) in [6, 6.07) is 1.46. The van der Waals surface area contributed by atoms with Gasteiger partial charge in [-0.05, 0) is 18.4 Å². The first kappa shape index (κ1) is 14.2. The summed E-state index contributed by atoms with van der Waals surface area (Å²) in [6.07, 6.45) is 2.24.